The van der Waals surface area contributed by atoms with Gasteiger partial charge >= 0.3 is 0 Å². The van der Waals surface area contributed by atoms with Crippen molar-refractivity contribution in [2.24, 2.45) is 0 Å². The topological polar surface area (TPSA) is 26.3 Å². The monoisotopic (exact) mass is 372 g/mol. The molecule has 0 radical (unpaired) electrons. The molecule has 2 nitrogen and oxygen atoms in total. The van der Waals surface area contributed by atoms with Gasteiger partial charge in [0.1, 0.15) is 12.2 Å². The van der Waals surface area contributed by atoms with E-state index in [1.807, 2.05) is 72.8 Å². The second-order valence-corrected chi connectivity index (χ2v) is 8.96. The van der Waals surface area contributed by atoms with E-state index in [2.05, 4.69) is 15.9 Å². The number of fused-ring (bicyclic) bond motifs is 2. The van der Waals surface area contributed by atoms with E-state index < -0.39 is 7.14 Å². The summed E-state index contributed by atoms with van der Waals surface area (Å²) < 4.78 is 21.0. The second kappa shape index (κ2) is 5.34. The average molecular weight is 373 g/mol. The van der Waals surface area contributed by atoms with Gasteiger partial charge in [-0.2, -0.15) is 0 Å². The normalized spacial score (nSPS) is 23.3. The summed E-state index contributed by atoms with van der Waals surface area (Å²) in [5.74, 6) is 0. The van der Waals surface area contributed by atoms with Gasteiger partial charge in [-0.15, -0.1) is 0 Å². The van der Waals surface area contributed by atoms with Crippen LogP contribution < -0.4 is 10.6 Å². The lowest BCUT2D eigenvalue weighted by atomic mass is 10.2. The largest absolute Gasteiger partial charge is 0.357 e. The summed E-state index contributed by atoms with van der Waals surface area (Å²) in [5.41, 5.74) is 0. The SMILES string of the molecule is O=P(C1=C(Br)C2C=CC1O2)(c1ccccc1)c1ccccc1. The van der Waals surface area contributed by atoms with Gasteiger partial charge in [0.15, 0.2) is 7.14 Å². The quantitative estimate of drug-likeness (QED) is 0.602. The fourth-order valence-corrected chi connectivity index (χ4v) is 7.27. The van der Waals surface area contributed by atoms with Crippen LogP contribution >= 0.6 is 23.1 Å². The number of hydrogen-bond donors (Lipinski definition) is 0. The first-order valence-electron chi connectivity index (χ1n) is 7.16. The Kier molecular flexibility index (Phi) is 3.45. The molecule has 0 amide bonds. The molecule has 4 heteroatoms. The van der Waals surface area contributed by atoms with Crippen LogP contribution in [0.5, 0.6) is 0 Å². The molecule has 4 rings (SSSR count). The van der Waals surface area contributed by atoms with Gasteiger partial charge in [-0.3, -0.25) is 0 Å². The van der Waals surface area contributed by atoms with Crippen molar-refractivity contribution in [3.63, 3.8) is 0 Å². The van der Waals surface area contributed by atoms with Gasteiger partial charge in [-0.05, 0) is 0 Å². The van der Waals surface area contributed by atoms with Crippen LogP contribution in [0.1, 0.15) is 0 Å². The zero-order chi connectivity index (χ0) is 15.2. The van der Waals surface area contributed by atoms with Crippen molar-refractivity contribution < 1.29 is 9.30 Å². The molecule has 0 fully saturated rings. The first-order valence-corrected chi connectivity index (χ1v) is 9.66. The highest BCUT2D eigenvalue weighted by Crippen LogP contribution is 2.60. The van der Waals surface area contributed by atoms with Crippen LogP contribution in [-0.2, 0) is 9.30 Å². The van der Waals surface area contributed by atoms with Gasteiger partial charge in [-0.1, -0.05) is 88.7 Å². The third-order valence-electron chi connectivity index (χ3n) is 4.10. The molecule has 2 heterocycles. The van der Waals surface area contributed by atoms with E-state index in [1.54, 1.807) is 0 Å². The van der Waals surface area contributed by atoms with Gasteiger partial charge in [0.2, 0.25) is 0 Å². The Bertz CT molecular complexity index is 768. The predicted molar refractivity (Wildman–Crippen MR) is 93.5 cm³/mol. The van der Waals surface area contributed by atoms with Crippen LogP contribution in [0.3, 0.4) is 0 Å². The Morgan fingerprint density at radius 3 is 1.77 bits per heavy atom. The first-order chi connectivity index (χ1) is 10.7. The van der Waals surface area contributed by atoms with E-state index in [-0.39, 0.29) is 12.2 Å². The first kappa shape index (κ1) is 14.2. The maximum absolute atomic E-state index is 14.2. The third-order valence-corrected chi connectivity index (χ3v) is 8.51. The summed E-state index contributed by atoms with van der Waals surface area (Å²) in [6.45, 7) is 0. The second-order valence-electron chi connectivity index (χ2n) is 5.38. The molecule has 2 bridgehead atoms. The number of ether oxygens (including phenoxy) is 1. The summed E-state index contributed by atoms with van der Waals surface area (Å²) >= 11 is 3.62. The van der Waals surface area contributed by atoms with Crippen molar-refractivity contribution in [3.05, 3.63) is 82.6 Å². The van der Waals surface area contributed by atoms with Crippen molar-refractivity contribution >= 4 is 33.7 Å². The Hall–Kier alpha value is -1.41. The lowest BCUT2D eigenvalue weighted by molar-refractivity contribution is 0.133. The molecule has 2 aromatic carbocycles. The zero-order valence-electron chi connectivity index (χ0n) is 11.7. The van der Waals surface area contributed by atoms with E-state index in [9.17, 15) is 4.57 Å². The minimum atomic E-state index is -2.91. The molecule has 0 saturated heterocycles. The minimum Gasteiger partial charge on any atom is -0.357 e. The summed E-state index contributed by atoms with van der Waals surface area (Å²) in [6, 6.07) is 19.4. The third kappa shape index (κ3) is 2.00. The lowest BCUT2D eigenvalue weighted by Crippen LogP contribution is -2.21. The highest BCUT2D eigenvalue weighted by molar-refractivity contribution is 9.11. The van der Waals surface area contributed by atoms with Crippen LogP contribution in [0, 0.1) is 0 Å². The molecular formula is C18H14BrO2P. The molecule has 2 unspecified atom stereocenters. The molecule has 110 valence electrons. The number of rotatable bonds is 3. The Balaban J connectivity index is 1.97. The predicted octanol–water partition coefficient (Wildman–Crippen LogP) is 3.94. The molecule has 0 aromatic heterocycles. The van der Waals surface area contributed by atoms with Gasteiger partial charge in [-0.25, -0.2) is 0 Å². The maximum atomic E-state index is 14.2. The Morgan fingerprint density at radius 1 is 0.818 bits per heavy atom. The van der Waals surface area contributed by atoms with E-state index >= 15 is 0 Å². The van der Waals surface area contributed by atoms with Crippen molar-refractivity contribution in [3.8, 4) is 0 Å². The summed E-state index contributed by atoms with van der Waals surface area (Å²) in [6.07, 6.45) is 3.72. The summed E-state index contributed by atoms with van der Waals surface area (Å²) in [7, 11) is -2.91. The molecule has 2 aliphatic rings. The zero-order valence-corrected chi connectivity index (χ0v) is 14.2. The Morgan fingerprint density at radius 2 is 1.32 bits per heavy atom. The van der Waals surface area contributed by atoms with Gasteiger partial charge in [0.05, 0.1) is 0 Å². The highest BCUT2D eigenvalue weighted by Gasteiger charge is 2.46. The Labute approximate surface area is 138 Å². The molecule has 0 N–H and O–H groups in total. The van der Waals surface area contributed by atoms with E-state index in [0.29, 0.717) is 0 Å². The highest BCUT2D eigenvalue weighted by atomic mass is 79.9. The molecular weight excluding hydrogens is 359 g/mol. The van der Waals surface area contributed by atoms with Gasteiger partial charge in [0.25, 0.3) is 0 Å². The van der Waals surface area contributed by atoms with Crippen LogP contribution in [0.15, 0.2) is 82.6 Å². The average Bonchev–Trinajstić information content (AvgIpc) is 3.17. The smallest absolute Gasteiger partial charge is 0.170 e. The van der Waals surface area contributed by atoms with Crippen LogP contribution in [0.4, 0.5) is 0 Å². The lowest BCUT2D eigenvalue weighted by Gasteiger charge is -2.24. The fourth-order valence-electron chi connectivity index (χ4n) is 3.06. The van der Waals surface area contributed by atoms with Crippen molar-refractivity contribution in [1.82, 2.24) is 0 Å². The number of halogens is 1. The van der Waals surface area contributed by atoms with Crippen molar-refractivity contribution in [2.75, 3.05) is 0 Å². The van der Waals surface area contributed by atoms with Gasteiger partial charge in [0, 0.05) is 20.4 Å². The van der Waals surface area contributed by atoms with E-state index in [4.69, 9.17) is 4.74 Å². The van der Waals surface area contributed by atoms with Crippen LogP contribution in [0.25, 0.3) is 0 Å². The molecule has 0 saturated carbocycles. The molecule has 0 spiro atoms. The van der Waals surface area contributed by atoms with Crippen LogP contribution in [-0.4, -0.2) is 12.2 Å². The number of benzene rings is 2. The summed E-state index contributed by atoms with van der Waals surface area (Å²) in [4.78, 5) is 0. The van der Waals surface area contributed by atoms with Gasteiger partial charge < -0.3 is 9.30 Å². The van der Waals surface area contributed by atoms with E-state index in [1.165, 1.54) is 0 Å². The van der Waals surface area contributed by atoms with E-state index in [0.717, 1.165) is 20.4 Å². The molecule has 22 heavy (non-hydrogen) atoms. The molecule has 2 aromatic rings. The summed E-state index contributed by atoms with van der Waals surface area (Å²) in [5, 5.41) is 2.56. The van der Waals surface area contributed by atoms with Crippen LogP contribution in [0.2, 0.25) is 0 Å². The van der Waals surface area contributed by atoms with Crippen molar-refractivity contribution in [1.29, 1.82) is 0 Å². The fraction of sp³-hybridized carbons (Fsp3) is 0.111. The number of hydrogen-bond acceptors (Lipinski definition) is 2. The maximum Gasteiger partial charge on any atom is 0.170 e. The standard InChI is InChI=1S/C18H14BrO2P/c19-17-15-11-12-16(21-15)18(17)22(20,13-7-3-1-4-8-13)14-9-5-2-6-10-14/h1-12,15-16H. The molecule has 2 aliphatic heterocycles. The molecule has 0 aliphatic carbocycles. The molecule has 2 atom stereocenters. The van der Waals surface area contributed by atoms with Crippen molar-refractivity contribution in [2.45, 2.75) is 12.2 Å². The minimum absolute atomic E-state index is 0.0965.